The van der Waals surface area contributed by atoms with Crippen molar-refractivity contribution in [3.05, 3.63) is 130 Å². The van der Waals surface area contributed by atoms with Crippen LogP contribution in [0.15, 0.2) is 97.1 Å². The summed E-state index contributed by atoms with van der Waals surface area (Å²) in [7, 11) is 0. The average molecular weight is 931 g/mol. The molecule has 0 unspecified atom stereocenters. The number of hydrogen-bond acceptors (Lipinski definition) is 4. The van der Waals surface area contributed by atoms with Crippen LogP contribution in [0.3, 0.4) is 0 Å². The fourth-order valence-corrected chi connectivity index (χ4v) is 12.0. The summed E-state index contributed by atoms with van der Waals surface area (Å²) in [5.41, 5.74) is 5.52. The van der Waals surface area contributed by atoms with Gasteiger partial charge in [0, 0.05) is 67.2 Å². The Bertz CT molecular complexity index is 2600. The Balaban J connectivity index is 0.000000384. The summed E-state index contributed by atoms with van der Waals surface area (Å²) >= 11 is 0. The zero-order chi connectivity index (χ0) is 41.9. The first-order chi connectivity index (χ1) is 30.5. The van der Waals surface area contributed by atoms with Gasteiger partial charge in [0.1, 0.15) is 0 Å². The molecule has 8 heteroatoms. The molecule has 64 heavy (non-hydrogen) atoms. The van der Waals surface area contributed by atoms with E-state index in [0.29, 0.717) is 56.2 Å². The van der Waals surface area contributed by atoms with Gasteiger partial charge in [-0.05, 0) is 117 Å². The van der Waals surface area contributed by atoms with Gasteiger partial charge in [-0.15, -0.1) is 0 Å². The molecule has 0 radical (unpaired) electrons. The van der Waals surface area contributed by atoms with Crippen molar-refractivity contribution in [2.45, 2.75) is 127 Å². The van der Waals surface area contributed by atoms with Crippen LogP contribution in [0.4, 0.5) is 11.4 Å². The van der Waals surface area contributed by atoms with Crippen LogP contribution < -0.4 is 9.80 Å². The van der Waals surface area contributed by atoms with E-state index in [0.717, 1.165) is 94.8 Å². The summed E-state index contributed by atoms with van der Waals surface area (Å²) in [6.45, 7) is 0. The van der Waals surface area contributed by atoms with Gasteiger partial charge in [0.2, 0.25) is 0 Å². The largest absolute Gasteiger partial charge is 0.268 e. The van der Waals surface area contributed by atoms with Crippen molar-refractivity contribution in [2.75, 3.05) is 9.80 Å². The maximum Gasteiger partial charge on any atom is 0.265 e. The van der Waals surface area contributed by atoms with Gasteiger partial charge in [-0.3, -0.25) is 19.2 Å². The normalized spacial score (nSPS) is 18.4. The van der Waals surface area contributed by atoms with E-state index in [1.807, 2.05) is 84.9 Å². The summed E-state index contributed by atoms with van der Waals surface area (Å²) in [4.78, 5) is 60.5. The number of hydrogen-bond donors (Lipinski definition) is 0. The fourth-order valence-electron chi connectivity index (χ4n) is 12.0. The first-order valence-corrected chi connectivity index (χ1v) is 23.7. The molecule has 0 N–H and O–H groups in total. The number of para-hydroxylation sites is 2. The Labute approximate surface area is 396 Å². The van der Waals surface area contributed by atoms with Gasteiger partial charge in [0.15, 0.2) is 0 Å². The van der Waals surface area contributed by atoms with Crippen LogP contribution in [-0.2, 0) is 34.1 Å². The number of carbonyl (C=O) groups is 4. The number of carbonyl (C=O) groups excluding carboxylic acids is 4. The van der Waals surface area contributed by atoms with E-state index in [1.54, 1.807) is 0 Å². The Hall–Kier alpha value is -4.84. The minimum Gasteiger partial charge on any atom is -0.268 e. The second-order valence-electron chi connectivity index (χ2n) is 18.7. The first kappa shape index (κ1) is 44.4. The van der Waals surface area contributed by atoms with Crippen LogP contribution in [0.1, 0.15) is 180 Å². The van der Waals surface area contributed by atoms with E-state index in [-0.39, 0.29) is 57.8 Å². The van der Waals surface area contributed by atoms with Crippen molar-refractivity contribution in [1.29, 1.82) is 0 Å². The second kappa shape index (κ2) is 18.6. The predicted octanol–water partition coefficient (Wildman–Crippen LogP) is 14.5. The molecule has 328 valence electrons. The number of amides is 4. The fraction of sp³-hybridized carbons (Fsp3) is 0.357. The molecule has 6 nitrogen and oxygen atoms in total. The topological polar surface area (TPSA) is 74.8 Å². The summed E-state index contributed by atoms with van der Waals surface area (Å²) < 4.78 is 0. The molecule has 2 heterocycles. The number of anilines is 2. The third-order valence-corrected chi connectivity index (χ3v) is 15.1. The molecule has 0 bridgehead atoms. The zero-order valence-corrected chi connectivity index (χ0v) is 38.6. The van der Waals surface area contributed by atoms with Crippen LogP contribution in [-0.4, -0.2) is 23.6 Å². The molecule has 2 aliphatic heterocycles. The van der Waals surface area contributed by atoms with E-state index < -0.39 is 0 Å². The quantitative estimate of drug-likeness (QED) is 0.0763. The van der Waals surface area contributed by atoms with E-state index in [2.05, 4.69) is 12.1 Å². The number of rotatable bonds is 4. The summed E-state index contributed by atoms with van der Waals surface area (Å²) in [5.74, 6) is -0.567. The molecule has 4 aliphatic carbocycles. The smallest absolute Gasteiger partial charge is 0.265 e. The van der Waals surface area contributed by atoms with Crippen LogP contribution in [0.2, 0.25) is 0 Å². The van der Waals surface area contributed by atoms with Crippen LogP contribution in [0.5, 0.6) is 0 Å². The van der Waals surface area contributed by atoms with Gasteiger partial charge in [-0.2, -0.15) is 0 Å². The second-order valence-corrected chi connectivity index (χ2v) is 18.7. The molecule has 13 rings (SSSR count). The monoisotopic (exact) mass is 930 g/mol. The summed E-state index contributed by atoms with van der Waals surface area (Å²) in [6.07, 6.45) is 23.9. The van der Waals surface area contributed by atoms with E-state index in [4.69, 9.17) is 0 Å². The molecule has 6 aliphatic rings. The van der Waals surface area contributed by atoms with Crippen molar-refractivity contribution in [1.82, 2.24) is 0 Å². The first-order valence-electron chi connectivity index (χ1n) is 23.7. The molecule has 0 aromatic heterocycles. The van der Waals surface area contributed by atoms with Crippen LogP contribution in [0.25, 0.3) is 43.1 Å². The molecule has 7 aromatic rings. The maximum absolute atomic E-state index is 14.4. The van der Waals surface area contributed by atoms with Crippen molar-refractivity contribution in [3.63, 3.8) is 0 Å². The van der Waals surface area contributed by atoms with Gasteiger partial charge in [0.05, 0.1) is 11.4 Å². The van der Waals surface area contributed by atoms with E-state index in [9.17, 15) is 19.2 Å². The van der Waals surface area contributed by atoms with Gasteiger partial charge < -0.3 is 0 Å². The Morgan fingerprint density at radius 2 is 0.578 bits per heavy atom. The molecule has 4 saturated carbocycles. The minimum atomic E-state index is -0.308. The van der Waals surface area contributed by atoms with Crippen LogP contribution >= 0.6 is 0 Å². The molecule has 4 fully saturated rings. The minimum absolute atomic E-state index is 0. The van der Waals surface area contributed by atoms with Crippen molar-refractivity contribution in [3.8, 4) is 0 Å². The van der Waals surface area contributed by atoms with Gasteiger partial charge >= 0.3 is 0 Å². The third kappa shape index (κ3) is 7.30. The van der Waals surface area contributed by atoms with Crippen molar-refractivity contribution >= 4 is 78.1 Å². The Kier molecular flexibility index (Phi) is 12.9. The molecule has 7 aromatic carbocycles. The average Bonchev–Trinajstić information content (AvgIpc) is 4.17. The molecule has 0 saturated heterocycles. The molecule has 0 atom stereocenters. The zero-order valence-electron chi connectivity index (χ0n) is 36.4. The van der Waals surface area contributed by atoms with E-state index in [1.165, 1.54) is 74.0 Å². The number of benzene rings is 7. The third-order valence-electron chi connectivity index (χ3n) is 15.1. The number of nitrogens with zero attached hydrogens (tertiary/aromatic N) is 2. The molecular formula is C56H54Fe2N2O4. The predicted molar refractivity (Wildman–Crippen MR) is 251 cm³/mol. The van der Waals surface area contributed by atoms with Gasteiger partial charge in [0.25, 0.3) is 23.6 Å². The van der Waals surface area contributed by atoms with Gasteiger partial charge in [-0.1, -0.05) is 151 Å². The Morgan fingerprint density at radius 1 is 0.312 bits per heavy atom. The van der Waals surface area contributed by atoms with E-state index >= 15 is 0 Å². The number of fused-ring (bicyclic) bond motifs is 2. The number of imide groups is 2. The summed E-state index contributed by atoms with van der Waals surface area (Å²) in [5, 5.41) is 6.61. The standard InChI is InChI=1S/C46H34N2O4.2C5H10.2Fe/c49-43-33-21-17-29-31-19-23-35-42-36(46(52)48(45(35)51)38-16-8-6-14-28(38)26-11-3-4-12-26)24-20-32(40(31)42)30-18-22-34(41(33)39(29)30)44(50)47(43)37-15-7-5-13-27(37)25-9-1-2-10-25;2*1-2-4-5-3-1;;/h5-8,13-26H,1-4,9-12H2;2*1-5H2;;. The van der Waals surface area contributed by atoms with Gasteiger partial charge in [-0.25, -0.2) is 9.80 Å². The van der Waals surface area contributed by atoms with Crippen molar-refractivity contribution < 1.29 is 53.3 Å². The maximum atomic E-state index is 14.4. The molecular weight excluding hydrogens is 876 g/mol. The molecule has 4 amide bonds. The van der Waals surface area contributed by atoms with Crippen molar-refractivity contribution in [2.24, 2.45) is 0 Å². The summed E-state index contributed by atoms with van der Waals surface area (Å²) in [6, 6.07) is 31.1. The Morgan fingerprint density at radius 3 is 0.859 bits per heavy atom. The van der Waals surface area contributed by atoms with Crippen LogP contribution in [0, 0.1) is 0 Å². The SMILES string of the molecule is C1CCCC1.C1CCCC1.O=C1c2ccc3c4ccc5c6c(ccc(c7ccc(c2c37)C(=O)N1c1ccccc1C1CCCC1)c64)C(=O)N(c1ccccc1C1CCCC1)C5=O.[Fe].[Fe]. The molecule has 0 spiro atoms.